The average Bonchev–Trinajstić information content (AvgIpc) is 2.54. The first-order chi connectivity index (χ1) is 11.4. The van der Waals surface area contributed by atoms with Gasteiger partial charge in [0, 0.05) is 11.1 Å². The second kappa shape index (κ2) is 8.02. The molecule has 0 radical (unpaired) electrons. The van der Waals surface area contributed by atoms with Crippen molar-refractivity contribution in [1.82, 2.24) is 0 Å². The number of benzene rings is 2. The summed E-state index contributed by atoms with van der Waals surface area (Å²) in [4.78, 5) is 0. The molecule has 0 aliphatic heterocycles. The van der Waals surface area contributed by atoms with Crippen LogP contribution in [0.25, 0.3) is 5.76 Å². The van der Waals surface area contributed by atoms with Crippen molar-refractivity contribution in [3.63, 3.8) is 0 Å². The van der Waals surface area contributed by atoms with Gasteiger partial charge in [0.1, 0.15) is 11.5 Å². The zero-order valence-electron chi connectivity index (χ0n) is 14.9. The molecule has 0 unspecified atom stereocenters. The molecule has 0 saturated heterocycles. The van der Waals surface area contributed by atoms with E-state index < -0.39 is 0 Å². The maximum atomic E-state index is 9.76. The van der Waals surface area contributed by atoms with Crippen LogP contribution in [0.15, 0.2) is 60.2 Å². The molecule has 3 nitrogen and oxygen atoms in total. The van der Waals surface area contributed by atoms with Crippen LogP contribution in [0.1, 0.15) is 31.9 Å². The largest absolute Gasteiger partial charge is 0.508 e. The summed E-state index contributed by atoms with van der Waals surface area (Å²) in [6.45, 7) is 7.43. The van der Waals surface area contributed by atoms with E-state index in [-0.39, 0.29) is 11.2 Å². The number of phenolic OH excluding ortho intramolecular Hbond substituents is 1. The summed E-state index contributed by atoms with van der Waals surface area (Å²) in [5, 5.41) is 9.76. The minimum Gasteiger partial charge on any atom is -0.508 e. The van der Waals surface area contributed by atoms with Gasteiger partial charge < -0.3 is 14.6 Å². The van der Waals surface area contributed by atoms with E-state index >= 15 is 0 Å². The number of phenols is 1. The number of ether oxygens (including phenoxy) is 2. The molecule has 0 heterocycles. The third-order valence-corrected chi connectivity index (χ3v) is 3.85. The summed E-state index contributed by atoms with van der Waals surface area (Å²) in [5.41, 5.74) is 2.94. The average molecular weight is 326 g/mol. The number of methoxy groups -OCH3 is 1. The monoisotopic (exact) mass is 326 g/mol. The van der Waals surface area contributed by atoms with E-state index in [1.54, 1.807) is 19.2 Å². The Morgan fingerprint density at radius 2 is 1.71 bits per heavy atom. The van der Waals surface area contributed by atoms with E-state index in [9.17, 15) is 5.11 Å². The molecular weight excluding hydrogens is 300 g/mol. The SMILES string of the molecule is COC(=C(COCc1ccccc1)C(C)(C)C)c1cccc(O)c1. The number of rotatable bonds is 6. The van der Waals surface area contributed by atoms with Crippen molar-refractivity contribution in [2.45, 2.75) is 27.4 Å². The molecule has 3 heteroatoms. The van der Waals surface area contributed by atoms with Crippen molar-refractivity contribution < 1.29 is 14.6 Å². The zero-order valence-corrected chi connectivity index (χ0v) is 14.9. The van der Waals surface area contributed by atoms with Crippen LogP contribution in [0.4, 0.5) is 0 Å². The van der Waals surface area contributed by atoms with Crippen molar-refractivity contribution in [1.29, 1.82) is 0 Å². The molecule has 0 aromatic heterocycles. The van der Waals surface area contributed by atoms with E-state index in [1.165, 1.54) is 0 Å². The Morgan fingerprint density at radius 1 is 1.00 bits per heavy atom. The Balaban J connectivity index is 2.25. The minimum absolute atomic E-state index is 0.118. The van der Waals surface area contributed by atoms with Gasteiger partial charge in [0.05, 0.1) is 20.3 Å². The Labute approximate surface area is 144 Å². The molecule has 0 fully saturated rings. The van der Waals surface area contributed by atoms with Crippen LogP contribution in [-0.4, -0.2) is 18.8 Å². The topological polar surface area (TPSA) is 38.7 Å². The van der Waals surface area contributed by atoms with E-state index in [2.05, 4.69) is 20.8 Å². The molecule has 0 bridgehead atoms. The lowest BCUT2D eigenvalue weighted by molar-refractivity contribution is 0.129. The first-order valence-corrected chi connectivity index (χ1v) is 8.10. The highest BCUT2D eigenvalue weighted by molar-refractivity contribution is 5.65. The molecular formula is C21H26O3. The fourth-order valence-corrected chi connectivity index (χ4v) is 2.53. The fourth-order valence-electron chi connectivity index (χ4n) is 2.53. The second-order valence-electron chi connectivity index (χ2n) is 6.79. The van der Waals surface area contributed by atoms with E-state index in [4.69, 9.17) is 9.47 Å². The van der Waals surface area contributed by atoms with Crippen LogP contribution in [0.2, 0.25) is 0 Å². The molecule has 128 valence electrons. The summed E-state index contributed by atoms with van der Waals surface area (Å²) in [6, 6.07) is 17.2. The smallest absolute Gasteiger partial charge is 0.128 e. The summed E-state index contributed by atoms with van der Waals surface area (Å²) in [7, 11) is 1.66. The van der Waals surface area contributed by atoms with E-state index in [0.29, 0.717) is 13.2 Å². The number of aromatic hydroxyl groups is 1. The number of hydrogen-bond donors (Lipinski definition) is 1. The third kappa shape index (κ3) is 4.87. The van der Waals surface area contributed by atoms with Gasteiger partial charge in [-0.1, -0.05) is 63.2 Å². The highest BCUT2D eigenvalue weighted by Crippen LogP contribution is 2.34. The molecule has 24 heavy (non-hydrogen) atoms. The first kappa shape index (κ1) is 18.1. The summed E-state index contributed by atoms with van der Waals surface area (Å²) < 4.78 is 11.6. The van der Waals surface area contributed by atoms with Crippen LogP contribution < -0.4 is 0 Å². The van der Waals surface area contributed by atoms with Gasteiger partial charge in [-0.2, -0.15) is 0 Å². The van der Waals surface area contributed by atoms with Crippen molar-refractivity contribution in [2.24, 2.45) is 5.41 Å². The Kier molecular flexibility index (Phi) is 6.04. The predicted octanol–water partition coefficient (Wildman–Crippen LogP) is 5.01. The summed E-state index contributed by atoms with van der Waals surface area (Å²) in [5.74, 6) is 0.979. The Morgan fingerprint density at radius 3 is 2.29 bits per heavy atom. The van der Waals surface area contributed by atoms with Gasteiger partial charge in [0.2, 0.25) is 0 Å². The van der Waals surface area contributed by atoms with Crippen LogP contribution in [0.5, 0.6) is 5.75 Å². The molecule has 0 amide bonds. The van der Waals surface area contributed by atoms with Gasteiger partial charge in [-0.3, -0.25) is 0 Å². The van der Waals surface area contributed by atoms with Gasteiger partial charge in [-0.05, 0) is 23.1 Å². The van der Waals surface area contributed by atoms with E-state index in [1.807, 2.05) is 42.5 Å². The van der Waals surface area contributed by atoms with Gasteiger partial charge in [-0.15, -0.1) is 0 Å². The lowest BCUT2D eigenvalue weighted by Gasteiger charge is -2.26. The molecule has 1 N–H and O–H groups in total. The highest BCUT2D eigenvalue weighted by atomic mass is 16.5. The third-order valence-electron chi connectivity index (χ3n) is 3.85. The molecule has 0 aliphatic carbocycles. The Bertz CT molecular complexity index is 682. The summed E-state index contributed by atoms with van der Waals surface area (Å²) >= 11 is 0. The Hall–Kier alpha value is -2.26. The lowest BCUT2D eigenvalue weighted by atomic mass is 9.84. The standard InChI is InChI=1S/C21H26O3/c1-21(2,3)19(15-24-14-16-9-6-5-7-10-16)20(23-4)17-11-8-12-18(22)13-17/h5-13,22H,14-15H2,1-4H3. The van der Waals surface area contributed by atoms with Crippen molar-refractivity contribution in [2.75, 3.05) is 13.7 Å². The molecule has 2 aromatic rings. The zero-order chi connectivity index (χ0) is 17.6. The van der Waals surface area contributed by atoms with Crippen LogP contribution in [0.3, 0.4) is 0 Å². The summed E-state index contributed by atoms with van der Waals surface area (Å²) in [6.07, 6.45) is 0. The van der Waals surface area contributed by atoms with Crippen molar-refractivity contribution in [3.05, 3.63) is 71.3 Å². The molecule has 0 saturated carbocycles. The normalized spacial score (nSPS) is 12.7. The van der Waals surface area contributed by atoms with Gasteiger partial charge in [0.15, 0.2) is 0 Å². The first-order valence-electron chi connectivity index (χ1n) is 8.10. The van der Waals surface area contributed by atoms with Gasteiger partial charge in [-0.25, -0.2) is 0 Å². The highest BCUT2D eigenvalue weighted by Gasteiger charge is 2.23. The van der Waals surface area contributed by atoms with Crippen LogP contribution in [0, 0.1) is 5.41 Å². The van der Waals surface area contributed by atoms with Crippen molar-refractivity contribution >= 4 is 5.76 Å². The fraction of sp³-hybridized carbons (Fsp3) is 0.333. The molecule has 0 atom stereocenters. The van der Waals surface area contributed by atoms with Gasteiger partial charge in [0.25, 0.3) is 0 Å². The van der Waals surface area contributed by atoms with Crippen molar-refractivity contribution in [3.8, 4) is 5.75 Å². The molecule has 2 aromatic carbocycles. The van der Waals surface area contributed by atoms with Crippen LogP contribution >= 0.6 is 0 Å². The second-order valence-corrected chi connectivity index (χ2v) is 6.79. The van der Waals surface area contributed by atoms with Crippen LogP contribution in [-0.2, 0) is 16.1 Å². The van der Waals surface area contributed by atoms with Gasteiger partial charge >= 0.3 is 0 Å². The predicted molar refractivity (Wildman–Crippen MR) is 97.6 cm³/mol. The maximum Gasteiger partial charge on any atom is 0.128 e. The molecule has 2 rings (SSSR count). The quantitative estimate of drug-likeness (QED) is 0.758. The molecule has 0 aliphatic rings. The maximum absolute atomic E-state index is 9.76. The molecule has 0 spiro atoms. The number of hydrogen-bond acceptors (Lipinski definition) is 3. The van der Waals surface area contributed by atoms with E-state index in [0.717, 1.165) is 22.5 Å². The lowest BCUT2D eigenvalue weighted by Crippen LogP contribution is -2.17. The minimum atomic E-state index is -0.118.